The van der Waals surface area contributed by atoms with Gasteiger partial charge in [0.05, 0.1) is 5.25 Å². The quantitative estimate of drug-likeness (QED) is 0.659. The fourth-order valence-electron chi connectivity index (χ4n) is 3.85. The Morgan fingerprint density at radius 3 is 2.44 bits per heavy atom. The van der Waals surface area contributed by atoms with Crippen LogP contribution in [0.15, 0.2) is 54.5 Å². The van der Waals surface area contributed by atoms with Crippen molar-refractivity contribution in [1.82, 2.24) is 9.97 Å². The molecule has 32 heavy (non-hydrogen) atoms. The number of rotatable bonds is 5. The standard InChI is InChI=1S/C24H26ClN3O3S/c1-23(2,3)21-11-15(8-9-28-21)17-10-18(14-27-13-17)20-7-4-16(22(26)29)12-24(20,25)32(30,31)19-5-6-19/h4,7-11,13-14,19H,5-6,12H2,1-3H3,(H2,26,29). The molecule has 6 nitrogen and oxygen atoms in total. The number of hydrogen-bond donors (Lipinski definition) is 1. The molecule has 0 saturated heterocycles. The number of amides is 1. The van der Waals surface area contributed by atoms with Crippen molar-refractivity contribution in [1.29, 1.82) is 0 Å². The minimum absolute atomic E-state index is 0.119. The molecular formula is C24H26ClN3O3S. The number of carbonyl (C=O) groups excluding carboxylic acids is 1. The minimum atomic E-state index is -3.74. The smallest absolute Gasteiger partial charge is 0.244 e. The largest absolute Gasteiger partial charge is 0.366 e. The summed E-state index contributed by atoms with van der Waals surface area (Å²) in [7, 11) is -3.74. The summed E-state index contributed by atoms with van der Waals surface area (Å²) in [5.74, 6) is -0.672. The van der Waals surface area contributed by atoms with Gasteiger partial charge in [0.1, 0.15) is 0 Å². The van der Waals surface area contributed by atoms with Crippen molar-refractivity contribution in [3.63, 3.8) is 0 Å². The Morgan fingerprint density at radius 2 is 1.81 bits per heavy atom. The van der Waals surface area contributed by atoms with Crippen LogP contribution in [-0.2, 0) is 20.0 Å². The SMILES string of the molecule is CC(C)(C)c1cc(-c2cncc(C3=CC=C(C(N)=O)CC3(Cl)S(=O)(=O)C3CC3)c2)ccn1. The summed E-state index contributed by atoms with van der Waals surface area (Å²) < 4.78 is 24.9. The van der Waals surface area contributed by atoms with Gasteiger partial charge in [-0.25, -0.2) is 8.42 Å². The van der Waals surface area contributed by atoms with Gasteiger partial charge in [0.15, 0.2) is 14.0 Å². The van der Waals surface area contributed by atoms with Crippen LogP contribution in [0.1, 0.15) is 51.3 Å². The molecule has 0 spiro atoms. The summed E-state index contributed by atoms with van der Waals surface area (Å²) >= 11 is 6.88. The number of hydrogen-bond acceptors (Lipinski definition) is 5. The van der Waals surface area contributed by atoms with Crippen LogP contribution in [0, 0.1) is 0 Å². The average molecular weight is 472 g/mol. The van der Waals surface area contributed by atoms with Gasteiger partial charge in [0.2, 0.25) is 5.91 Å². The lowest BCUT2D eigenvalue weighted by Crippen LogP contribution is -2.40. The highest BCUT2D eigenvalue weighted by molar-refractivity contribution is 7.95. The number of alkyl halides is 1. The predicted molar refractivity (Wildman–Crippen MR) is 127 cm³/mol. The molecule has 1 amide bonds. The van der Waals surface area contributed by atoms with Crippen molar-refractivity contribution >= 4 is 32.9 Å². The number of pyridine rings is 2. The predicted octanol–water partition coefficient (Wildman–Crippen LogP) is 4.15. The number of sulfone groups is 1. The highest BCUT2D eigenvalue weighted by Crippen LogP contribution is 2.50. The van der Waals surface area contributed by atoms with E-state index in [1.54, 1.807) is 30.7 Å². The van der Waals surface area contributed by atoms with Crippen molar-refractivity contribution in [3.8, 4) is 11.1 Å². The zero-order valence-electron chi connectivity index (χ0n) is 18.3. The number of nitrogens with two attached hydrogens (primary N) is 1. The fraction of sp³-hybridized carbons (Fsp3) is 0.375. The van der Waals surface area contributed by atoms with E-state index in [4.69, 9.17) is 17.3 Å². The van der Waals surface area contributed by atoms with E-state index in [1.807, 2.05) is 18.2 Å². The first-order chi connectivity index (χ1) is 14.9. The molecule has 1 unspecified atom stereocenters. The number of halogens is 1. The molecule has 1 fully saturated rings. The van der Waals surface area contributed by atoms with Crippen molar-refractivity contribution in [2.45, 2.75) is 54.9 Å². The van der Waals surface area contributed by atoms with Crippen LogP contribution in [-0.4, -0.2) is 33.7 Å². The van der Waals surface area contributed by atoms with Crippen molar-refractivity contribution in [2.75, 3.05) is 0 Å². The van der Waals surface area contributed by atoms with Crippen LogP contribution in [0.4, 0.5) is 0 Å². The molecule has 2 aliphatic rings. The van der Waals surface area contributed by atoms with E-state index in [2.05, 4.69) is 30.7 Å². The van der Waals surface area contributed by atoms with E-state index in [-0.39, 0.29) is 17.4 Å². The molecule has 0 radical (unpaired) electrons. The molecule has 2 aromatic rings. The van der Waals surface area contributed by atoms with Crippen molar-refractivity contribution in [3.05, 3.63) is 65.8 Å². The van der Waals surface area contributed by atoms with Crippen molar-refractivity contribution in [2.24, 2.45) is 5.73 Å². The number of aromatic nitrogens is 2. The Morgan fingerprint density at radius 1 is 1.12 bits per heavy atom. The molecule has 1 atom stereocenters. The first-order valence-electron chi connectivity index (χ1n) is 10.5. The van der Waals surface area contributed by atoms with Crippen LogP contribution in [0.3, 0.4) is 0 Å². The molecule has 0 bridgehead atoms. The zero-order chi connectivity index (χ0) is 23.3. The molecular weight excluding hydrogens is 446 g/mol. The number of primary amides is 1. The highest BCUT2D eigenvalue weighted by Gasteiger charge is 2.54. The Kier molecular flexibility index (Phi) is 5.54. The van der Waals surface area contributed by atoms with Gasteiger partial charge in [-0.05, 0) is 47.7 Å². The molecule has 0 aliphatic heterocycles. The van der Waals surface area contributed by atoms with Gasteiger partial charge in [0, 0.05) is 47.3 Å². The normalized spacial score (nSPS) is 21.6. The summed E-state index contributed by atoms with van der Waals surface area (Å²) in [6, 6.07) is 5.78. The van der Waals surface area contributed by atoms with Crippen LogP contribution in [0.5, 0.6) is 0 Å². The highest BCUT2D eigenvalue weighted by atomic mass is 35.5. The molecule has 0 aromatic carbocycles. The molecule has 2 heterocycles. The molecule has 1 saturated carbocycles. The minimum Gasteiger partial charge on any atom is -0.366 e. The summed E-state index contributed by atoms with van der Waals surface area (Å²) in [6.07, 6.45) is 9.21. The second-order valence-corrected chi connectivity index (χ2v) is 12.8. The van der Waals surface area contributed by atoms with Crippen molar-refractivity contribution < 1.29 is 13.2 Å². The maximum atomic E-state index is 13.4. The van der Waals surface area contributed by atoms with E-state index in [0.717, 1.165) is 16.8 Å². The summed E-state index contributed by atoms with van der Waals surface area (Å²) in [4.78, 5) is 20.6. The number of allylic oxidation sites excluding steroid dienone is 2. The topological polar surface area (TPSA) is 103 Å². The molecule has 2 aromatic heterocycles. The van der Waals surface area contributed by atoms with Gasteiger partial charge < -0.3 is 5.73 Å². The maximum absolute atomic E-state index is 13.4. The molecule has 8 heteroatoms. The number of carbonyl (C=O) groups is 1. The molecule has 2 N–H and O–H groups in total. The van der Waals surface area contributed by atoms with Gasteiger partial charge in [0.25, 0.3) is 0 Å². The lowest BCUT2D eigenvalue weighted by molar-refractivity contribution is -0.114. The van der Waals surface area contributed by atoms with E-state index < -0.39 is 25.2 Å². The Labute approximate surface area is 193 Å². The van der Waals surface area contributed by atoms with E-state index in [1.165, 1.54) is 0 Å². The van der Waals surface area contributed by atoms with E-state index in [9.17, 15) is 13.2 Å². The second kappa shape index (κ2) is 7.81. The molecule has 4 rings (SSSR count). The Balaban J connectivity index is 1.82. The van der Waals surface area contributed by atoms with E-state index >= 15 is 0 Å². The first kappa shape index (κ1) is 22.7. The Bertz CT molecular complexity index is 1260. The monoisotopic (exact) mass is 471 g/mol. The molecule has 168 valence electrons. The van der Waals surface area contributed by atoms with Crippen LogP contribution < -0.4 is 5.73 Å². The third-order valence-corrected chi connectivity index (χ3v) is 9.51. The third kappa shape index (κ3) is 3.99. The first-order valence-corrected chi connectivity index (χ1v) is 12.4. The summed E-state index contributed by atoms with van der Waals surface area (Å²) in [6.45, 7) is 6.27. The van der Waals surface area contributed by atoms with Gasteiger partial charge in [-0.15, -0.1) is 0 Å². The third-order valence-electron chi connectivity index (χ3n) is 5.91. The summed E-state index contributed by atoms with van der Waals surface area (Å²) in [5.41, 5.74) is 9.22. The zero-order valence-corrected chi connectivity index (χ0v) is 19.9. The lowest BCUT2D eigenvalue weighted by atomic mass is 9.89. The van der Waals surface area contributed by atoms with Gasteiger partial charge in [-0.1, -0.05) is 44.5 Å². The fourth-order valence-corrected chi connectivity index (χ4v) is 6.68. The summed E-state index contributed by atoms with van der Waals surface area (Å²) in [5, 5.41) is -0.499. The van der Waals surface area contributed by atoms with E-state index in [0.29, 0.717) is 24.0 Å². The van der Waals surface area contributed by atoms with Gasteiger partial charge in [-0.3, -0.25) is 14.8 Å². The van der Waals surface area contributed by atoms with Gasteiger partial charge >= 0.3 is 0 Å². The maximum Gasteiger partial charge on any atom is 0.244 e. The molecule has 2 aliphatic carbocycles. The second-order valence-electron chi connectivity index (χ2n) is 9.43. The van der Waals surface area contributed by atoms with Gasteiger partial charge in [-0.2, -0.15) is 0 Å². The lowest BCUT2D eigenvalue weighted by Gasteiger charge is -2.33. The van der Waals surface area contributed by atoms with Crippen LogP contribution in [0.25, 0.3) is 16.7 Å². The van der Waals surface area contributed by atoms with Crippen LogP contribution in [0.2, 0.25) is 0 Å². The average Bonchev–Trinajstić information content (AvgIpc) is 3.59. The Hall–Kier alpha value is -2.51. The number of nitrogens with zero attached hydrogens (tertiary/aromatic N) is 2. The van der Waals surface area contributed by atoms with Crippen LogP contribution >= 0.6 is 11.6 Å².